The van der Waals surface area contributed by atoms with E-state index in [0.717, 1.165) is 0 Å². The second kappa shape index (κ2) is 7.59. The minimum atomic E-state index is -0.472. The van der Waals surface area contributed by atoms with Crippen molar-refractivity contribution in [1.29, 1.82) is 0 Å². The number of aryl methyl sites for hydroxylation is 1. The van der Waals surface area contributed by atoms with Gasteiger partial charge in [-0.3, -0.25) is 0 Å². The molecule has 0 bridgehead atoms. The predicted molar refractivity (Wildman–Crippen MR) is 42.9 cm³/mol. The predicted octanol–water partition coefficient (Wildman–Crippen LogP) is 3.37. The Bertz CT molecular complexity index is 153. The molecule has 0 nitrogen and oxygen atoms in total. The summed E-state index contributed by atoms with van der Waals surface area (Å²) in [6.45, 7) is 2.08. The van der Waals surface area contributed by atoms with Crippen LogP contribution in [0.4, 0.5) is 0 Å². The van der Waals surface area contributed by atoms with Gasteiger partial charge < -0.3 is 0 Å². The molecule has 0 N–H and O–H groups in total. The third-order valence-corrected chi connectivity index (χ3v) is 0.940. The summed E-state index contributed by atoms with van der Waals surface area (Å²) >= 11 is -0.472. The molecule has 1 rings (SSSR count). The van der Waals surface area contributed by atoms with Gasteiger partial charge in [-0.2, -0.15) is 0 Å². The molecule has 0 fully saturated rings. The van der Waals surface area contributed by atoms with Crippen LogP contribution in [0.2, 0.25) is 0 Å². The van der Waals surface area contributed by atoms with E-state index < -0.39 is 16.5 Å². The quantitative estimate of drug-likeness (QED) is 0.667. The van der Waals surface area contributed by atoms with Crippen LogP contribution < -0.4 is 0 Å². The molecule has 0 heterocycles. The Hall–Kier alpha value is 0.488. The van der Waals surface area contributed by atoms with E-state index in [-0.39, 0.29) is 0 Å². The van der Waals surface area contributed by atoms with Crippen molar-refractivity contribution in [3.63, 3.8) is 0 Å². The van der Waals surface area contributed by atoms with Gasteiger partial charge in [0.1, 0.15) is 0 Å². The molecular weight excluding hydrogens is 350 g/mol. The maximum atomic E-state index is 4.88. The van der Waals surface area contributed by atoms with Crippen LogP contribution in [0.3, 0.4) is 0 Å². The normalized spacial score (nSPS) is 8.30. The molecule has 0 atom stereocenters. The van der Waals surface area contributed by atoms with Gasteiger partial charge in [0, 0.05) is 0 Å². The minimum absolute atomic E-state index is 0.472. The Morgan fingerprint density at radius 2 is 1.50 bits per heavy atom. The van der Waals surface area contributed by atoms with Gasteiger partial charge in [0.15, 0.2) is 0 Å². The van der Waals surface area contributed by atoms with Crippen LogP contribution in [-0.2, 0) is 16.5 Å². The first-order valence-corrected chi connectivity index (χ1v) is 8.28. The molecule has 60 valence electrons. The third-order valence-electron chi connectivity index (χ3n) is 0.940. The standard InChI is InChI=1S/C7H8.2ClH.Pt/c1-7-5-3-2-4-6-7;;;/h2-6H,1H3;2*1H;/q;;;+2/p-2. The zero-order chi connectivity index (χ0) is 7.82. The summed E-state index contributed by atoms with van der Waals surface area (Å²) in [6, 6.07) is 10.3. The summed E-state index contributed by atoms with van der Waals surface area (Å²) in [6.07, 6.45) is 0. The molecule has 3 heteroatoms. The second-order valence-electron chi connectivity index (χ2n) is 1.70. The summed E-state index contributed by atoms with van der Waals surface area (Å²) in [5, 5.41) is 0. The molecule has 0 unspecified atom stereocenters. The van der Waals surface area contributed by atoms with Crippen molar-refractivity contribution in [2.75, 3.05) is 0 Å². The first-order chi connectivity index (χ1) is 4.81. The molecule has 0 amide bonds. The van der Waals surface area contributed by atoms with E-state index in [4.69, 9.17) is 18.8 Å². The van der Waals surface area contributed by atoms with Crippen molar-refractivity contribution in [1.82, 2.24) is 0 Å². The number of hydrogen-bond donors (Lipinski definition) is 0. The molecule has 1 aromatic carbocycles. The summed E-state index contributed by atoms with van der Waals surface area (Å²) in [5.41, 5.74) is 1.32. The van der Waals surface area contributed by atoms with Gasteiger partial charge in [-0.25, -0.2) is 0 Å². The van der Waals surface area contributed by atoms with Crippen LogP contribution in [0, 0.1) is 6.92 Å². The average Bonchev–Trinajstić information content (AvgIpc) is 1.91. The SMILES string of the molecule is Cc1ccccc1.[Cl][Pt][Cl]. The summed E-state index contributed by atoms with van der Waals surface area (Å²) in [4.78, 5) is 0. The molecular formula is C7H8Cl2Pt. The molecule has 0 saturated carbocycles. The molecule has 10 heavy (non-hydrogen) atoms. The number of halogens is 2. The Morgan fingerprint density at radius 3 is 1.70 bits per heavy atom. The van der Waals surface area contributed by atoms with Crippen molar-refractivity contribution in [3.8, 4) is 0 Å². The van der Waals surface area contributed by atoms with Gasteiger partial charge in [-0.15, -0.1) is 0 Å². The third kappa shape index (κ3) is 6.61. The van der Waals surface area contributed by atoms with Crippen molar-refractivity contribution in [3.05, 3.63) is 35.9 Å². The topological polar surface area (TPSA) is 0 Å². The molecule has 0 aliphatic heterocycles. The molecule has 0 saturated heterocycles. The fourth-order valence-electron chi connectivity index (χ4n) is 0.534. The summed E-state index contributed by atoms with van der Waals surface area (Å²) in [5.74, 6) is 0. The van der Waals surface area contributed by atoms with Crippen LogP contribution in [0.15, 0.2) is 30.3 Å². The van der Waals surface area contributed by atoms with E-state index in [1.807, 2.05) is 18.2 Å². The van der Waals surface area contributed by atoms with E-state index in [2.05, 4.69) is 19.1 Å². The van der Waals surface area contributed by atoms with E-state index in [9.17, 15) is 0 Å². The first kappa shape index (κ1) is 10.5. The van der Waals surface area contributed by atoms with Crippen LogP contribution >= 0.6 is 18.8 Å². The van der Waals surface area contributed by atoms with Gasteiger partial charge in [-0.05, 0) is 6.92 Å². The molecule has 0 aliphatic rings. The van der Waals surface area contributed by atoms with Crippen LogP contribution in [0.1, 0.15) is 5.56 Å². The Kier molecular flexibility index (Phi) is 7.96. The van der Waals surface area contributed by atoms with E-state index in [0.29, 0.717) is 0 Å². The second-order valence-corrected chi connectivity index (χ2v) is 4.98. The van der Waals surface area contributed by atoms with Crippen molar-refractivity contribution < 1.29 is 16.5 Å². The van der Waals surface area contributed by atoms with Crippen molar-refractivity contribution in [2.24, 2.45) is 0 Å². The molecule has 0 aromatic heterocycles. The first-order valence-electron chi connectivity index (χ1n) is 2.65. The zero-order valence-electron chi connectivity index (χ0n) is 5.46. The zero-order valence-corrected chi connectivity index (χ0v) is 9.24. The fraction of sp³-hybridized carbons (Fsp3) is 0.143. The van der Waals surface area contributed by atoms with Gasteiger partial charge in [-0.1, -0.05) is 35.9 Å². The average molecular weight is 358 g/mol. The van der Waals surface area contributed by atoms with Crippen LogP contribution in [0.5, 0.6) is 0 Å². The van der Waals surface area contributed by atoms with Crippen molar-refractivity contribution in [2.45, 2.75) is 6.92 Å². The number of benzene rings is 1. The summed E-state index contributed by atoms with van der Waals surface area (Å²) in [7, 11) is 9.75. The monoisotopic (exact) mass is 357 g/mol. The van der Waals surface area contributed by atoms with E-state index in [1.165, 1.54) is 5.56 Å². The Balaban J connectivity index is 0.000000236. The maximum absolute atomic E-state index is 4.88. The Labute approximate surface area is 77.9 Å². The van der Waals surface area contributed by atoms with E-state index >= 15 is 0 Å². The van der Waals surface area contributed by atoms with Gasteiger partial charge in [0.05, 0.1) is 0 Å². The van der Waals surface area contributed by atoms with Crippen LogP contribution in [-0.4, -0.2) is 0 Å². The molecule has 0 spiro atoms. The number of rotatable bonds is 0. The van der Waals surface area contributed by atoms with E-state index in [1.54, 1.807) is 0 Å². The Morgan fingerprint density at radius 1 is 1.10 bits per heavy atom. The van der Waals surface area contributed by atoms with Crippen LogP contribution in [0.25, 0.3) is 0 Å². The fourth-order valence-corrected chi connectivity index (χ4v) is 0.534. The van der Waals surface area contributed by atoms with Crippen molar-refractivity contribution >= 4 is 18.8 Å². The number of hydrogen-bond acceptors (Lipinski definition) is 0. The summed E-state index contributed by atoms with van der Waals surface area (Å²) < 4.78 is 0. The van der Waals surface area contributed by atoms with Gasteiger partial charge >= 0.3 is 35.3 Å². The molecule has 1 aromatic rings. The van der Waals surface area contributed by atoms with Gasteiger partial charge in [0.25, 0.3) is 0 Å². The molecule has 0 aliphatic carbocycles. The molecule has 0 radical (unpaired) electrons. The van der Waals surface area contributed by atoms with Gasteiger partial charge in [0.2, 0.25) is 0 Å².